The Hall–Kier alpha value is -3.04. The van der Waals surface area contributed by atoms with Crippen molar-refractivity contribution in [1.29, 1.82) is 0 Å². The van der Waals surface area contributed by atoms with E-state index in [0.29, 0.717) is 17.5 Å². The van der Waals surface area contributed by atoms with E-state index in [9.17, 15) is 13.2 Å². The third-order valence-electron chi connectivity index (χ3n) is 4.69. The minimum Gasteiger partial charge on any atom is -0.309 e. The van der Waals surface area contributed by atoms with Crippen molar-refractivity contribution < 1.29 is 13.2 Å². The maximum atomic E-state index is 13.3. The van der Waals surface area contributed by atoms with Gasteiger partial charge in [0.2, 0.25) is 0 Å². The van der Waals surface area contributed by atoms with Gasteiger partial charge in [0.05, 0.1) is 22.2 Å². The number of aromatic nitrogens is 2. The minimum absolute atomic E-state index is 0.220. The Labute approximate surface area is 160 Å². The number of imidazole rings is 1. The zero-order chi connectivity index (χ0) is 19.6. The van der Waals surface area contributed by atoms with Gasteiger partial charge in [-0.05, 0) is 30.7 Å². The normalized spacial score (nSPS) is 16.8. The van der Waals surface area contributed by atoms with Gasteiger partial charge >= 0.3 is 6.18 Å². The summed E-state index contributed by atoms with van der Waals surface area (Å²) in [7, 11) is 0. The third kappa shape index (κ3) is 3.80. The molecule has 2 aromatic carbocycles. The van der Waals surface area contributed by atoms with Gasteiger partial charge in [0, 0.05) is 24.7 Å². The zero-order valence-corrected chi connectivity index (χ0v) is 15.0. The summed E-state index contributed by atoms with van der Waals surface area (Å²) >= 11 is 0. The molecular weight excluding hydrogens is 363 g/mol. The fourth-order valence-electron chi connectivity index (χ4n) is 3.28. The summed E-state index contributed by atoms with van der Waals surface area (Å²) in [5, 5.41) is 3.32. The molecule has 0 radical (unpaired) electrons. The first-order chi connectivity index (χ1) is 13.5. The van der Waals surface area contributed by atoms with Crippen molar-refractivity contribution in [2.75, 3.05) is 6.54 Å². The Morgan fingerprint density at radius 2 is 1.96 bits per heavy atom. The number of nitrogens with one attached hydrogen (secondary N) is 1. The van der Waals surface area contributed by atoms with Gasteiger partial charge < -0.3 is 5.32 Å². The highest BCUT2D eigenvalue weighted by atomic mass is 19.4. The molecule has 142 valence electrons. The van der Waals surface area contributed by atoms with Crippen LogP contribution in [0.4, 0.5) is 13.2 Å². The molecule has 0 fully saturated rings. The Bertz CT molecular complexity index is 1070. The van der Waals surface area contributed by atoms with E-state index in [2.05, 4.69) is 34.3 Å². The second kappa shape index (κ2) is 7.53. The topological polar surface area (TPSA) is 29.9 Å². The lowest BCUT2D eigenvalue weighted by atomic mass is 10.1. The van der Waals surface area contributed by atoms with Crippen LogP contribution in [0.25, 0.3) is 16.7 Å². The molecule has 1 aliphatic rings. The first-order valence-corrected chi connectivity index (χ1v) is 9.03. The Kier molecular flexibility index (Phi) is 4.93. The zero-order valence-electron chi connectivity index (χ0n) is 15.0. The SMILES string of the molecule is FC(F)(F)c1cc(C#CCC2CC=CCN2)c2c(c1)ncn2-c1ccccc1. The van der Waals surface area contributed by atoms with Crippen LogP contribution in [0.2, 0.25) is 0 Å². The highest BCUT2D eigenvalue weighted by Gasteiger charge is 2.32. The number of hydrogen-bond acceptors (Lipinski definition) is 2. The van der Waals surface area contributed by atoms with Crippen LogP contribution in [-0.4, -0.2) is 22.1 Å². The lowest BCUT2D eigenvalue weighted by Gasteiger charge is -2.16. The summed E-state index contributed by atoms with van der Waals surface area (Å²) in [6, 6.07) is 11.8. The molecule has 0 aliphatic carbocycles. The molecule has 0 saturated carbocycles. The number of benzene rings is 2. The van der Waals surface area contributed by atoms with Crippen molar-refractivity contribution in [3.05, 3.63) is 72.1 Å². The van der Waals surface area contributed by atoms with Gasteiger partial charge in [-0.1, -0.05) is 42.2 Å². The molecule has 1 atom stereocenters. The monoisotopic (exact) mass is 381 g/mol. The summed E-state index contributed by atoms with van der Waals surface area (Å²) in [5.41, 5.74) is 1.29. The smallest absolute Gasteiger partial charge is 0.309 e. The summed E-state index contributed by atoms with van der Waals surface area (Å²) in [6.45, 7) is 0.793. The van der Waals surface area contributed by atoms with Crippen molar-refractivity contribution in [2.24, 2.45) is 0 Å². The highest BCUT2D eigenvalue weighted by molar-refractivity contribution is 5.85. The average molecular weight is 381 g/mol. The molecule has 0 bridgehead atoms. The first-order valence-electron chi connectivity index (χ1n) is 9.03. The average Bonchev–Trinajstić information content (AvgIpc) is 3.13. The number of hydrogen-bond donors (Lipinski definition) is 1. The molecule has 1 N–H and O–H groups in total. The number of rotatable bonds is 2. The van der Waals surface area contributed by atoms with Gasteiger partial charge in [0.25, 0.3) is 0 Å². The van der Waals surface area contributed by atoms with E-state index in [4.69, 9.17) is 0 Å². The van der Waals surface area contributed by atoms with Crippen LogP contribution in [0.5, 0.6) is 0 Å². The van der Waals surface area contributed by atoms with Crippen LogP contribution in [0, 0.1) is 11.8 Å². The van der Waals surface area contributed by atoms with Crippen LogP contribution < -0.4 is 5.32 Å². The van der Waals surface area contributed by atoms with E-state index in [1.165, 1.54) is 0 Å². The number of nitrogens with zero attached hydrogens (tertiary/aromatic N) is 2. The van der Waals surface area contributed by atoms with Gasteiger partial charge in [-0.3, -0.25) is 4.57 Å². The van der Waals surface area contributed by atoms with Crippen molar-refractivity contribution >= 4 is 11.0 Å². The van der Waals surface area contributed by atoms with Crippen molar-refractivity contribution in [1.82, 2.24) is 14.9 Å². The van der Waals surface area contributed by atoms with E-state index < -0.39 is 11.7 Å². The summed E-state index contributed by atoms with van der Waals surface area (Å²) in [4.78, 5) is 4.20. The van der Waals surface area contributed by atoms with Gasteiger partial charge in [-0.15, -0.1) is 0 Å². The van der Waals surface area contributed by atoms with E-state index in [-0.39, 0.29) is 11.6 Å². The lowest BCUT2D eigenvalue weighted by molar-refractivity contribution is -0.137. The fourth-order valence-corrected chi connectivity index (χ4v) is 3.28. The molecule has 0 amide bonds. The second-order valence-corrected chi connectivity index (χ2v) is 6.66. The molecule has 0 saturated heterocycles. The maximum Gasteiger partial charge on any atom is 0.416 e. The number of fused-ring (bicyclic) bond motifs is 1. The minimum atomic E-state index is -4.45. The van der Waals surface area contributed by atoms with Gasteiger partial charge in [0.15, 0.2) is 0 Å². The molecule has 28 heavy (non-hydrogen) atoms. The predicted molar refractivity (Wildman–Crippen MR) is 103 cm³/mol. The van der Waals surface area contributed by atoms with E-state index in [1.807, 2.05) is 30.3 Å². The first kappa shape index (κ1) is 18.3. The van der Waals surface area contributed by atoms with Gasteiger partial charge in [0.1, 0.15) is 6.33 Å². The molecule has 1 aromatic heterocycles. The molecule has 1 aliphatic heterocycles. The van der Waals surface area contributed by atoms with E-state index in [1.54, 1.807) is 10.9 Å². The second-order valence-electron chi connectivity index (χ2n) is 6.66. The van der Waals surface area contributed by atoms with Crippen molar-refractivity contribution in [3.63, 3.8) is 0 Å². The van der Waals surface area contributed by atoms with Crippen LogP contribution in [0.1, 0.15) is 24.0 Å². The van der Waals surface area contributed by atoms with Gasteiger partial charge in [-0.25, -0.2) is 4.98 Å². The van der Waals surface area contributed by atoms with E-state index >= 15 is 0 Å². The lowest BCUT2D eigenvalue weighted by Crippen LogP contribution is -2.30. The van der Waals surface area contributed by atoms with Crippen molar-refractivity contribution in [2.45, 2.75) is 25.1 Å². The Morgan fingerprint density at radius 1 is 1.14 bits per heavy atom. The summed E-state index contributed by atoms with van der Waals surface area (Å²) < 4.78 is 41.8. The van der Waals surface area contributed by atoms with Crippen molar-refractivity contribution in [3.8, 4) is 17.5 Å². The standard InChI is InChI=1S/C22H18F3N3/c23-22(24,25)17-13-16(7-6-9-18-8-4-5-12-26-18)21-20(14-17)27-15-28(21)19-10-2-1-3-11-19/h1-5,10-11,13-15,18,26H,8-9,12H2. The summed E-state index contributed by atoms with van der Waals surface area (Å²) in [6.07, 6.45) is 2.68. The number of halogens is 3. The third-order valence-corrected chi connectivity index (χ3v) is 4.69. The molecule has 3 nitrogen and oxygen atoms in total. The number of alkyl halides is 3. The van der Waals surface area contributed by atoms with Crippen LogP contribution in [0.3, 0.4) is 0 Å². The molecule has 1 unspecified atom stereocenters. The Morgan fingerprint density at radius 3 is 2.68 bits per heavy atom. The Balaban J connectivity index is 1.79. The molecule has 4 rings (SSSR count). The van der Waals surface area contributed by atoms with Gasteiger partial charge in [-0.2, -0.15) is 13.2 Å². The molecule has 2 heterocycles. The number of para-hydroxylation sites is 1. The molecule has 3 aromatic rings. The molecule has 0 spiro atoms. The molecular formula is C22H18F3N3. The predicted octanol–water partition coefficient (Wildman–Crippen LogP) is 4.70. The highest BCUT2D eigenvalue weighted by Crippen LogP contribution is 2.33. The largest absolute Gasteiger partial charge is 0.416 e. The molecule has 6 heteroatoms. The quantitative estimate of drug-likeness (QED) is 0.515. The summed E-state index contributed by atoms with van der Waals surface area (Å²) in [5.74, 6) is 6.02. The maximum absolute atomic E-state index is 13.3. The van der Waals surface area contributed by atoms with Crippen LogP contribution in [0.15, 0.2) is 60.9 Å². The van der Waals surface area contributed by atoms with E-state index in [0.717, 1.165) is 30.8 Å². The van der Waals surface area contributed by atoms with Crippen LogP contribution in [-0.2, 0) is 6.18 Å². The fraction of sp³-hybridized carbons (Fsp3) is 0.227. The van der Waals surface area contributed by atoms with Crippen LogP contribution >= 0.6 is 0 Å².